The lowest BCUT2D eigenvalue weighted by Crippen LogP contribution is -2.52. The second-order valence-corrected chi connectivity index (χ2v) is 8.35. The minimum absolute atomic E-state index is 0.0206. The number of fused-ring (bicyclic) bond motifs is 1. The number of hydrogen-bond donors (Lipinski definition) is 0. The first-order valence-corrected chi connectivity index (χ1v) is 11.1. The topological polar surface area (TPSA) is 62.3 Å². The first-order chi connectivity index (χ1) is 15.6. The minimum atomic E-state index is -0.565. The number of benzene rings is 2. The summed E-state index contributed by atoms with van der Waals surface area (Å²) in [5.41, 5.74) is 3.37. The van der Waals surface area contributed by atoms with Crippen LogP contribution in [0.4, 0.5) is 5.69 Å². The Labute approximate surface area is 189 Å². The van der Waals surface area contributed by atoms with E-state index in [2.05, 4.69) is 21.9 Å². The SMILES string of the molecule is COC(=O)C1Cc2ccccc2CN1C(=O)CN1CCCN(c2ccc(OC)cc2)CC1. The Kier molecular flexibility index (Phi) is 6.95. The third kappa shape index (κ3) is 4.88. The van der Waals surface area contributed by atoms with E-state index in [1.165, 1.54) is 7.11 Å². The maximum absolute atomic E-state index is 13.3. The predicted molar refractivity (Wildman–Crippen MR) is 123 cm³/mol. The summed E-state index contributed by atoms with van der Waals surface area (Å²) in [5, 5.41) is 0. The summed E-state index contributed by atoms with van der Waals surface area (Å²) < 4.78 is 10.3. The fourth-order valence-electron chi connectivity index (χ4n) is 4.59. The standard InChI is InChI=1S/C25H31N3O4/c1-31-22-10-8-21(9-11-22)27-13-5-12-26(14-15-27)18-24(29)28-17-20-7-4-3-6-19(20)16-23(28)25(30)32-2/h3-4,6-11,23H,5,12-18H2,1-2H3. The van der Waals surface area contributed by atoms with Crippen LogP contribution in [0.1, 0.15) is 17.5 Å². The normalized spacial score (nSPS) is 19.1. The number of methoxy groups -OCH3 is 2. The predicted octanol–water partition coefficient (Wildman–Crippen LogP) is 2.33. The van der Waals surface area contributed by atoms with Crippen LogP contribution in [0, 0.1) is 0 Å². The van der Waals surface area contributed by atoms with E-state index < -0.39 is 6.04 Å². The summed E-state index contributed by atoms with van der Waals surface area (Å²) in [5.74, 6) is 0.473. The van der Waals surface area contributed by atoms with Crippen LogP contribution < -0.4 is 9.64 Å². The van der Waals surface area contributed by atoms with Crippen LogP contribution in [-0.2, 0) is 27.3 Å². The van der Waals surface area contributed by atoms with Gasteiger partial charge >= 0.3 is 5.97 Å². The van der Waals surface area contributed by atoms with Crippen LogP contribution in [-0.4, -0.2) is 74.7 Å². The van der Waals surface area contributed by atoms with Gasteiger partial charge in [-0.3, -0.25) is 9.69 Å². The van der Waals surface area contributed by atoms with E-state index in [1.54, 1.807) is 12.0 Å². The van der Waals surface area contributed by atoms with Gasteiger partial charge in [0.15, 0.2) is 0 Å². The van der Waals surface area contributed by atoms with E-state index >= 15 is 0 Å². The number of anilines is 1. The average molecular weight is 438 g/mol. The first-order valence-electron chi connectivity index (χ1n) is 11.1. The van der Waals surface area contributed by atoms with Gasteiger partial charge in [-0.25, -0.2) is 4.79 Å². The van der Waals surface area contributed by atoms with E-state index in [0.29, 0.717) is 19.5 Å². The van der Waals surface area contributed by atoms with Gasteiger partial charge < -0.3 is 19.3 Å². The van der Waals surface area contributed by atoms with Gasteiger partial charge in [-0.05, 0) is 41.8 Å². The van der Waals surface area contributed by atoms with Gasteiger partial charge in [0.1, 0.15) is 11.8 Å². The molecule has 32 heavy (non-hydrogen) atoms. The van der Waals surface area contributed by atoms with Crippen molar-refractivity contribution in [3.63, 3.8) is 0 Å². The minimum Gasteiger partial charge on any atom is -0.497 e. The second-order valence-electron chi connectivity index (χ2n) is 8.35. The van der Waals surface area contributed by atoms with Crippen molar-refractivity contribution < 1.29 is 19.1 Å². The van der Waals surface area contributed by atoms with Crippen LogP contribution in [0.3, 0.4) is 0 Å². The molecule has 0 saturated carbocycles. The molecule has 1 atom stereocenters. The molecule has 1 unspecified atom stereocenters. The summed E-state index contributed by atoms with van der Waals surface area (Å²) in [4.78, 5) is 32.0. The average Bonchev–Trinajstić information content (AvgIpc) is 3.08. The van der Waals surface area contributed by atoms with Gasteiger partial charge in [-0.2, -0.15) is 0 Å². The van der Waals surface area contributed by atoms with Gasteiger partial charge in [0.25, 0.3) is 0 Å². The van der Waals surface area contributed by atoms with Crippen molar-refractivity contribution in [1.82, 2.24) is 9.80 Å². The molecule has 1 fully saturated rings. The molecule has 7 heteroatoms. The van der Waals surface area contributed by atoms with Gasteiger partial charge in [0, 0.05) is 44.8 Å². The number of rotatable bonds is 5. The monoisotopic (exact) mass is 437 g/mol. The van der Waals surface area contributed by atoms with E-state index in [1.807, 2.05) is 36.4 Å². The van der Waals surface area contributed by atoms with Crippen LogP contribution in [0.15, 0.2) is 48.5 Å². The summed E-state index contributed by atoms with van der Waals surface area (Å²) in [7, 11) is 3.05. The highest BCUT2D eigenvalue weighted by Crippen LogP contribution is 2.25. The fraction of sp³-hybridized carbons (Fsp3) is 0.440. The molecule has 0 radical (unpaired) electrons. The first kappa shape index (κ1) is 22.1. The smallest absolute Gasteiger partial charge is 0.328 e. The Morgan fingerprint density at radius 1 is 0.938 bits per heavy atom. The highest BCUT2D eigenvalue weighted by molar-refractivity contribution is 5.86. The number of hydrogen-bond acceptors (Lipinski definition) is 6. The molecule has 2 aliphatic rings. The molecule has 170 valence electrons. The quantitative estimate of drug-likeness (QED) is 0.669. The summed E-state index contributed by atoms with van der Waals surface area (Å²) in [6.45, 7) is 4.20. The molecule has 0 aliphatic carbocycles. The molecular weight excluding hydrogens is 406 g/mol. The molecule has 2 aliphatic heterocycles. The number of carbonyl (C=O) groups excluding carboxylic acids is 2. The largest absolute Gasteiger partial charge is 0.497 e. The maximum atomic E-state index is 13.3. The Bertz CT molecular complexity index is 946. The van der Waals surface area contributed by atoms with E-state index in [-0.39, 0.29) is 11.9 Å². The molecule has 0 aromatic heterocycles. The molecule has 0 bridgehead atoms. The molecule has 2 aromatic rings. The molecule has 4 rings (SSSR count). The lowest BCUT2D eigenvalue weighted by atomic mass is 9.94. The van der Waals surface area contributed by atoms with Crippen LogP contribution >= 0.6 is 0 Å². The Morgan fingerprint density at radius 3 is 2.41 bits per heavy atom. The number of ether oxygens (including phenoxy) is 2. The molecule has 2 heterocycles. The van der Waals surface area contributed by atoms with Crippen molar-refractivity contribution >= 4 is 17.6 Å². The molecular formula is C25H31N3O4. The zero-order chi connectivity index (χ0) is 22.5. The van der Waals surface area contributed by atoms with E-state index in [0.717, 1.165) is 55.2 Å². The highest BCUT2D eigenvalue weighted by Gasteiger charge is 2.35. The van der Waals surface area contributed by atoms with Gasteiger partial charge in [-0.15, -0.1) is 0 Å². The number of carbonyl (C=O) groups is 2. The third-order valence-corrected chi connectivity index (χ3v) is 6.43. The lowest BCUT2D eigenvalue weighted by molar-refractivity contribution is -0.154. The number of esters is 1. The molecule has 0 spiro atoms. The fourth-order valence-corrected chi connectivity index (χ4v) is 4.59. The Balaban J connectivity index is 1.40. The molecule has 7 nitrogen and oxygen atoms in total. The van der Waals surface area contributed by atoms with Gasteiger partial charge in [0.05, 0.1) is 20.8 Å². The zero-order valence-electron chi connectivity index (χ0n) is 18.8. The molecule has 1 saturated heterocycles. The zero-order valence-corrected chi connectivity index (χ0v) is 18.8. The lowest BCUT2D eigenvalue weighted by Gasteiger charge is -2.36. The van der Waals surface area contributed by atoms with Crippen LogP contribution in [0.2, 0.25) is 0 Å². The Hall–Kier alpha value is -3.06. The van der Waals surface area contributed by atoms with Gasteiger partial charge in [0.2, 0.25) is 5.91 Å². The van der Waals surface area contributed by atoms with Crippen LogP contribution in [0.5, 0.6) is 5.75 Å². The van der Waals surface area contributed by atoms with Crippen molar-refractivity contribution in [2.24, 2.45) is 0 Å². The summed E-state index contributed by atoms with van der Waals surface area (Å²) >= 11 is 0. The molecule has 2 aromatic carbocycles. The second kappa shape index (κ2) is 10.0. The molecule has 0 N–H and O–H groups in total. The van der Waals surface area contributed by atoms with Crippen LogP contribution in [0.25, 0.3) is 0 Å². The van der Waals surface area contributed by atoms with Crippen molar-refractivity contribution in [3.8, 4) is 5.75 Å². The summed E-state index contributed by atoms with van der Waals surface area (Å²) in [6, 6.07) is 15.5. The van der Waals surface area contributed by atoms with Gasteiger partial charge in [-0.1, -0.05) is 24.3 Å². The number of amides is 1. The summed E-state index contributed by atoms with van der Waals surface area (Å²) in [6.07, 6.45) is 1.47. The van der Waals surface area contributed by atoms with Crippen molar-refractivity contribution in [2.75, 3.05) is 51.8 Å². The third-order valence-electron chi connectivity index (χ3n) is 6.43. The van der Waals surface area contributed by atoms with Crippen molar-refractivity contribution in [1.29, 1.82) is 0 Å². The maximum Gasteiger partial charge on any atom is 0.328 e. The Morgan fingerprint density at radius 2 is 1.69 bits per heavy atom. The highest BCUT2D eigenvalue weighted by atomic mass is 16.5. The number of nitrogens with zero attached hydrogens (tertiary/aromatic N) is 3. The van der Waals surface area contributed by atoms with E-state index in [4.69, 9.17) is 9.47 Å². The van der Waals surface area contributed by atoms with Crippen molar-refractivity contribution in [2.45, 2.75) is 25.4 Å². The molecule has 1 amide bonds. The van der Waals surface area contributed by atoms with Crippen molar-refractivity contribution in [3.05, 3.63) is 59.7 Å². The van der Waals surface area contributed by atoms with E-state index in [9.17, 15) is 9.59 Å².